The van der Waals surface area contributed by atoms with Gasteiger partial charge in [-0.3, -0.25) is 9.59 Å². The molecular weight excluding hydrogens is 468 g/mol. The van der Waals surface area contributed by atoms with Crippen molar-refractivity contribution in [2.24, 2.45) is 11.8 Å². The van der Waals surface area contributed by atoms with E-state index in [-0.39, 0.29) is 18.1 Å². The van der Waals surface area contributed by atoms with Gasteiger partial charge in [-0.25, -0.2) is 0 Å². The van der Waals surface area contributed by atoms with Gasteiger partial charge in [-0.15, -0.1) is 0 Å². The van der Waals surface area contributed by atoms with Crippen LogP contribution in [0, 0.1) is 11.8 Å². The molecule has 35 heavy (non-hydrogen) atoms. The van der Waals surface area contributed by atoms with E-state index >= 15 is 0 Å². The third-order valence-corrected chi connectivity index (χ3v) is 7.57. The highest BCUT2D eigenvalue weighted by Gasteiger charge is 2.33. The molecule has 8 nitrogen and oxygen atoms in total. The molecule has 0 aliphatic carbocycles. The minimum atomic E-state index is -0.251. The van der Waals surface area contributed by atoms with Crippen molar-refractivity contribution in [3.05, 3.63) is 22.7 Å². The molecule has 9 heteroatoms. The molecule has 2 aliphatic heterocycles. The first-order valence-electron chi connectivity index (χ1n) is 12.7. The highest BCUT2D eigenvalue weighted by molar-refractivity contribution is 6.33. The lowest BCUT2D eigenvalue weighted by Gasteiger charge is -2.41. The molecule has 0 saturated carbocycles. The maximum absolute atomic E-state index is 13.0. The minimum absolute atomic E-state index is 0.106. The molecule has 3 rings (SSSR count). The fourth-order valence-corrected chi connectivity index (χ4v) is 5.18. The summed E-state index contributed by atoms with van der Waals surface area (Å²) in [4.78, 5) is 29.9. The number of carbonyl (C=O) groups is 2. The predicted octanol–water partition coefficient (Wildman–Crippen LogP) is 3.42. The second kappa shape index (κ2) is 12.8. The molecule has 3 N–H and O–H groups in total. The zero-order chi connectivity index (χ0) is 25.5. The van der Waals surface area contributed by atoms with Gasteiger partial charge in [0.05, 0.1) is 35.5 Å². The molecule has 2 fully saturated rings. The number of nitrogens with one attached hydrogen (secondary N) is 1. The number of halogens is 1. The SMILES string of the molecule is COc1cc(N)c(Cl)cc1C(=O)N[C@@H]1CCN(CC2CCN(C(=O)CCC(C)C)CC2)C[C@@H]1OC. The summed E-state index contributed by atoms with van der Waals surface area (Å²) in [6.45, 7) is 8.67. The van der Waals surface area contributed by atoms with E-state index in [1.54, 1.807) is 19.2 Å². The number of anilines is 1. The topological polar surface area (TPSA) is 97.1 Å². The summed E-state index contributed by atoms with van der Waals surface area (Å²) in [6, 6.07) is 3.00. The molecule has 0 spiro atoms. The Kier molecular flexibility index (Phi) is 10.1. The monoisotopic (exact) mass is 508 g/mol. The first-order chi connectivity index (χ1) is 16.7. The number of carbonyl (C=O) groups excluding carboxylic acids is 2. The maximum Gasteiger partial charge on any atom is 0.255 e. The van der Waals surface area contributed by atoms with Crippen molar-refractivity contribution in [2.75, 3.05) is 52.7 Å². The van der Waals surface area contributed by atoms with Crippen LogP contribution in [0.25, 0.3) is 0 Å². The first kappa shape index (κ1) is 27.6. The van der Waals surface area contributed by atoms with Crippen LogP contribution >= 0.6 is 11.6 Å². The molecule has 1 aromatic rings. The molecule has 2 atom stereocenters. The van der Waals surface area contributed by atoms with E-state index in [4.69, 9.17) is 26.8 Å². The summed E-state index contributed by atoms with van der Waals surface area (Å²) in [5.74, 6) is 1.58. The molecule has 1 aromatic carbocycles. The Morgan fingerprint density at radius 1 is 1.17 bits per heavy atom. The smallest absolute Gasteiger partial charge is 0.255 e. The van der Waals surface area contributed by atoms with Crippen molar-refractivity contribution in [1.82, 2.24) is 15.1 Å². The van der Waals surface area contributed by atoms with Crippen LogP contribution in [0.3, 0.4) is 0 Å². The molecule has 0 aromatic heterocycles. The van der Waals surface area contributed by atoms with Crippen molar-refractivity contribution < 1.29 is 19.1 Å². The van der Waals surface area contributed by atoms with Crippen LogP contribution < -0.4 is 15.8 Å². The number of nitrogens with two attached hydrogens (primary N) is 1. The van der Waals surface area contributed by atoms with Gasteiger partial charge in [0.15, 0.2) is 0 Å². The van der Waals surface area contributed by atoms with Gasteiger partial charge in [-0.1, -0.05) is 25.4 Å². The number of ether oxygens (including phenoxy) is 2. The van der Waals surface area contributed by atoms with Crippen LogP contribution in [0.15, 0.2) is 12.1 Å². The number of hydrogen-bond donors (Lipinski definition) is 2. The van der Waals surface area contributed by atoms with Crippen LogP contribution in [0.4, 0.5) is 5.69 Å². The molecule has 2 saturated heterocycles. The van der Waals surface area contributed by atoms with Gasteiger partial charge < -0.3 is 30.3 Å². The zero-order valence-corrected chi connectivity index (χ0v) is 22.3. The maximum atomic E-state index is 13.0. The Balaban J connectivity index is 1.49. The third kappa shape index (κ3) is 7.48. The second-order valence-electron chi connectivity index (χ2n) is 10.2. The van der Waals surface area contributed by atoms with E-state index in [9.17, 15) is 9.59 Å². The summed E-state index contributed by atoms with van der Waals surface area (Å²) in [5, 5.41) is 3.43. The molecule has 196 valence electrons. The molecule has 2 amide bonds. The molecular formula is C26H41ClN4O4. The predicted molar refractivity (Wildman–Crippen MR) is 139 cm³/mol. The average molecular weight is 509 g/mol. The van der Waals surface area contributed by atoms with Crippen LogP contribution in [-0.2, 0) is 9.53 Å². The lowest BCUT2D eigenvalue weighted by atomic mass is 9.93. The van der Waals surface area contributed by atoms with Crippen LogP contribution in [0.2, 0.25) is 5.02 Å². The van der Waals surface area contributed by atoms with Gasteiger partial charge >= 0.3 is 0 Å². The molecule has 0 bridgehead atoms. The van der Waals surface area contributed by atoms with Crippen molar-refractivity contribution in [3.63, 3.8) is 0 Å². The molecule has 0 radical (unpaired) electrons. The van der Waals surface area contributed by atoms with Gasteiger partial charge in [0.25, 0.3) is 5.91 Å². The van der Waals surface area contributed by atoms with Crippen molar-refractivity contribution in [3.8, 4) is 5.75 Å². The highest BCUT2D eigenvalue weighted by atomic mass is 35.5. The number of rotatable bonds is 9. The number of likely N-dealkylation sites (tertiary alicyclic amines) is 2. The zero-order valence-electron chi connectivity index (χ0n) is 21.5. The van der Waals surface area contributed by atoms with E-state index < -0.39 is 0 Å². The lowest BCUT2D eigenvalue weighted by Crippen LogP contribution is -2.55. The largest absolute Gasteiger partial charge is 0.496 e. The third-order valence-electron chi connectivity index (χ3n) is 7.25. The van der Waals surface area contributed by atoms with Crippen LogP contribution in [-0.4, -0.2) is 80.7 Å². The standard InChI is InChI=1S/C26H41ClN4O4/c1-17(2)5-6-25(32)31-11-7-18(8-12-31)15-30-10-9-22(24(16-30)35-4)29-26(33)19-13-20(27)21(28)14-23(19)34-3/h13-14,17-18,22,24H,5-12,15-16,28H2,1-4H3,(H,29,33)/t22-,24+/m1/s1. The Morgan fingerprint density at radius 2 is 1.89 bits per heavy atom. The fraction of sp³-hybridized carbons (Fsp3) is 0.692. The first-order valence-corrected chi connectivity index (χ1v) is 13.1. The number of benzene rings is 1. The Labute approximate surface area is 214 Å². The van der Waals surface area contributed by atoms with E-state index in [0.29, 0.717) is 46.2 Å². The Morgan fingerprint density at radius 3 is 2.51 bits per heavy atom. The molecule has 2 aliphatic rings. The van der Waals surface area contributed by atoms with Crippen LogP contribution in [0.1, 0.15) is 56.3 Å². The van der Waals surface area contributed by atoms with E-state index in [2.05, 4.69) is 24.1 Å². The Hall–Kier alpha value is -2.03. The van der Waals surface area contributed by atoms with Crippen molar-refractivity contribution in [1.29, 1.82) is 0 Å². The normalized spacial score (nSPS) is 21.8. The number of nitrogens with zero attached hydrogens (tertiary/aromatic N) is 2. The van der Waals surface area contributed by atoms with Crippen molar-refractivity contribution >= 4 is 29.1 Å². The average Bonchev–Trinajstić information content (AvgIpc) is 2.85. The summed E-state index contributed by atoms with van der Waals surface area (Å²) >= 11 is 6.14. The highest BCUT2D eigenvalue weighted by Crippen LogP contribution is 2.29. The van der Waals surface area contributed by atoms with E-state index in [1.807, 2.05) is 4.90 Å². The number of nitrogen functional groups attached to an aromatic ring is 1. The fourth-order valence-electron chi connectivity index (χ4n) is 5.01. The van der Waals surface area contributed by atoms with Gasteiger partial charge in [-0.2, -0.15) is 0 Å². The van der Waals surface area contributed by atoms with Gasteiger partial charge in [0, 0.05) is 52.3 Å². The van der Waals surface area contributed by atoms with Gasteiger partial charge in [0.2, 0.25) is 5.91 Å². The Bertz CT molecular complexity index is 873. The molecule has 2 heterocycles. The summed E-state index contributed by atoms with van der Waals surface area (Å²) in [6.07, 6.45) is 4.38. The number of methoxy groups -OCH3 is 2. The van der Waals surface area contributed by atoms with Gasteiger partial charge in [-0.05, 0) is 43.6 Å². The van der Waals surface area contributed by atoms with Crippen LogP contribution in [0.5, 0.6) is 5.75 Å². The summed E-state index contributed by atoms with van der Waals surface area (Å²) in [5.41, 5.74) is 6.57. The van der Waals surface area contributed by atoms with Gasteiger partial charge in [0.1, 0.15) is 5.75 Å². The van der Waals surface area contributed by atoms with Crippen molar-refractivity contribution in [2.45, 2.75) is 58.1 Å². The summed E-state index contributed by atoms with van der Waals surface area (Å²) in [7, 11) is 3.19. The van der Waals surface area contributed by atoms with E-state index in [0.717, 1.165) is 58.4 Å². The number of hydrogen-bond acceptors (Lipinski definition) is 6. The second-order valence-corrected chi connectivity index (χ2v) is 10.6. The molecule has 0 unspecified atom stereocenters. The minimum Gasteiger partial charge on any atom is -0.496 e. The van der Waals surface area contributed by atoms with E-state index in [1.165, 1.54) is 7.11 Å². The number of amides is 2. The lowest BCUT2D eigenvalue weighted by molar-refractivity contribution is -0.133. The quantitative estimate of drug-likeness (QED) is 0.496. The number of piperidine rings is 2. The summed E-state index contributed by atoms with van der Waals surface area (Å²) < 4.78 is 11.1.